The molecule has 4 N–H and O–H groups in total. The van der Waals surface area contributed by atoms with E-state index in [4.69, 9.17) is 23.5 Å². The van der Waals surface area contributed by atoms with Gasteiger partial charge in [0.15, 0.2) is 6.29 Å². The lowest BCUT2D eigenvalue weighted by molar-refractivity contribution is -0.301. The van der Waals surface area contributed by atoms with Crippen molar-refractivity contribution in [2.75, 3.05) is 26.4 Å². The monoisotopic (exact) mass is 883 g/mol. The number of unbranched alkanes of at least 4 members (excludes halogenated alkanes) is 14. The molecule has 61 heavy (non-hydrogen) atoms. The van der Waals surface area contributed by atoms with Crippen molar-refractivity contribution in [1.29, 1.82) is 0 Å². The first-order valence-corrected chi connectivity index (χ1v) is 24.6. The molecular formula is C48H82O12S. The molecule has 6 atom stereocenters. The minimum absolute atomic E-state index is 0.000294. The number of hydrogen-bond donors (Lipinski definition) is 4. The zero-order chi connectivity index (χ0) is 44.7. The molecule has 0 radical (unpaired) electrons. The molecular weight excluding hydrogens is 801 g/mol. The normalized spacial score (nSPS) is 20.8. The van der Waals surface area contributed by atoms with Gasteiger partial charge in [0.25, 0.3) is 0 Å². The summed E-state index contributed by atoms with van der Waals surface area (Å²) < 4.78 is 59.0. The van der Waals surface area contributed by atoms with Gasteiger partial charge in [0, 0.05) is 13.0 Å². The Bertz CT molecular complexity index is 1340. The minimum Gasteiger partial charge on any atom is -0.457 e. The van der Waals surface area contributed by atoms with Gasteiger partial charge in [-0.1, -0.05) is 145 Å². The third-order valence-corrected chi connectivity index (χ3v) is 10.5. The number of aliphatic hydroxyl groups is 3. The van der Waals surface area contributed by atoms with E-state index in [0.29, 0.717) is 13.0 Å². The van der Waals surface area contributed by atoms with E-state index in [0.717, 1.165) is 89.9 Å². The summed E-state index contributed by atoms with van der Waals surface area (Å²) in [4.78, 5) is 12.9. The fourth-order valence-corrected chi connectivity index (χ4v) is 7.08. The second-order valence-electron chi connectivity index (χ2n) is 15.6. The number of esters is 1. The van der Waals surface area contributed by atoms with E-state index in [-0.39, 0.29) is 19.6 Å². The smallest absolute Gasteiger partial charge is 0.397 e. The van der Waals surface area contributed by atoms with E-state index in [1.54, 1.807) is 0 Å². The molecule has 1 heterocycles. The molecule has 0 aliphatic carbocycles. The standard InChI is InChI=1S/C48H82O12S/c1-3-5-7-9-11-13-15-17-19-21-22-24-26-28-30-32-34-36-38-56-40-42(41-57-48-46(52)47(60-61(53,54)55)45(51)43(39-49)59-48)58-44(50)37-35-33-31-29-27-25-23-20-18-16-14-12-10-8-6-4-2/h5,7,11,13,17,19-20,22-24,28,30,42-43,45-49,51-52H,3-4,6,8-10,12,14-16,18,21,25-27,29,31-41H2,1-2H3,(H,53,54,55)/b7-5-,13-11-,19-17-,23-20-,24-22-,30-28-. The molecule has 1 fully saturated rings. The number of hydrogen-bond acceptors (Lipinski definition) is 11. The summed E-state index contributed by atoms with van der Waals surface area (Å²) in [7, 11) is -5.07. The highest BCUT2D eigenvalue weighted by atomic mass is 32.3. The topological polar surface area (TPSA) is 178 Å². The fourth-order valence-electron chi connectivity index (χ4n) is 6.57. The highest BCUT2D eigenvalue weighted by Crippen LogP contribution is 2.26. The lowest BCUT2D eigenvalue weighted by atomic mass is 9.99. The first kappa shape index (κ1) is 56.6. The van der Waals surface area contributed by atoms with Crippen LogP contribution in [0, 0.1) is 0 Å². The number of ether oxygens (including phenoxy) is 4. The van der Waals surface area contributed by atoms with Gasteiger partial charge in [-0.05, 0) is 83.5 Å². The average Bonchev–Trinajstić information content (AvgIpc) is 3.23. The Morgan fingerprint density at radius 2 is 1.13 bits per heavy atom. The van der Waals surface area contributed by atoms with Crippen molar-refractivity contribution in [1.82, 2.24) is 0 Å². The van der Waals surface area contributed by atoms with Gasteiger partial charge in [-0.15, -0.1) is 0 Å². The van der Waals surface area contributed by atoms with E-state index in [9.17, 15) is 28.5 Å². The van der Waals surface area contributed by atoms with Crippen LogP contribution in [0.25, 0.3) is 0 Å². The SMILES string of the molecule is CC/C=C\C/C=C\C/C=C\C/C=C\C/C=C\CCCCOCC(COC1OC(CO)C(O)C(OS(=O)(=O)O)C1O)OC(=O)CCCCCCC/C=C\CCCCCCCCC. The van der Waals surface area contributed by atoms with Crippen LogP contribution < -0.4 is 0 Å². The van der Waals surface area contributed by atoms with Crippen LogP contribution in [0.2, 0.25) is 0 Å². The molecule has 1 aliphatic rings. The zero-order valence-electron chi connectivity index (χ0n) is 37.4. The van der Waals surface area contributed by atoms with E-state index >= 15 is 0 Å². The molecule has 0 aromatic heterocycles. The first-order chi connectivity index (χ1) is 29.6. The van der Waals surface area contributed by atoms with Crippen molar-refractivity contribution < 1.29 is 56.2 Å². The van der Waals surface area contributed by atoms with Crippen molar-refractivity contribution in [3.05, 3.63) is 72.9 Å². The summed E-state index contributed by atoms with van der Waals surface area (Å²) in [5.74, 6) is -0.426. The molecule has 0 spiro atoms. The minimum atomic E-state index is -5.07. The Morgan fingerprint density at radius 3 is 1.67 bits per heavy atom. The van der Waals surface area contributed by atoms with Gasteiger partial charge in [0.05, 0.1) is 19.8 Å². The van der Waals surface area contributed by atoms with Crippen LogP contribution in [-0.4, -0.2) is 97.5 Å². The zero-order valence-corrected chi connectivity index (χ0v) is 38.3. The third-order valence-electron chi connectivity index (χ3n) is 10.1. The van der Waals surface area contributed by atoms with Crippen LogP contribution >= 0.6 is 0 Å². The third kappa shape index (κ3) is 32.8. The fraction of sp³-hybridized carbons (Fsp3) is 0.729. The van der Waals surface area contributed by atoms with Crippen LogP contribution in [0.5, 0.6) is 0 Å². The number of carbonyl (C=O) groups excluding carboxylic acids is 1. The van der Waals surface area contributed by atoms with Gasteiger partial charge in [-0.2, -0.15) is 8.42 Å². The number of rotatable bonds is 39. The van der Waals surface area contributed by atoms with E-state index < -0.39 is 59.8 Å². The van der Waals surface area contributed by atoms with Gasteiger partial charge in [0.2, 0.25) is 0 Å². The summed E-state index contributed by atoms with van der Waals surface area (Å²) in [6.45, 7) is 3.74. The molecule has 6 unspecified atom stereocenters. The summed E-state index contributed by atoms with van der Waals surface area (Å²) in [6.07, 6.45) is 40.8. The maximum Gasteiger partial charge on any atom is 0.397 e. The van der Waals surface area contributed by atoms with Gasteiger partial charge < -0.3 is 34.3 Å². The van der Waals surface area contributed by atoms with Crippen LogP contribution in [0.1, 0.15) is 162 Å². The lowest BCUT2D eigenvalue weighted by Gasteiger charge is -2.41. The Hall–Kier alpha value is -2.46. The van der Waals surface area contributed by atoms with E-state index in [2.05, 4.69) is 90.9 Å². The number of allylic oxidation sites excluding steroid dienone is 12. The summed E-state index contributed by atoms with van der Waals surface area (Å²) in [5.41, 5.74) is 0. The summed E-state index contributed by atoms with van der Waals surface area (Å²) >= 11 is 0. The molecule has 1 saturated heterocycles. The van der Waals surface area contributed by atoms with Crippen LogP contribution in [0.15, 0.2) is 72.9 Å². The van der Waals surface area contributed by atoms with Crippen molar-refractivity contribution >= 4 is 16.4 Å². The second kappa shape index (κ2) is 39.2. The average molecular weight is 883 g/mol. The van der Waals surface area contributed by atoms with Crippen LogP contribution in [0.3, 0.4) is 0 Å². The van der Waals surface area contributed by atoms with Crippen molar-refractivity contribution in [2.45, 2.75) is 198 Å². The van der Waals surface area contributed by atoms with Crippen molar-refractivity contribution in [3.8, 4) is 0 Å². The van der Waals surface area contributed by atoms with Gasteiger partial charge in [-0.25, -0.2) is 4.18 Å². The Morgan fingerprint density at radius 1 is 0.639 bits per heavy atom. The summed E-state index contributed by atoms with van der Waals surface area (Å²) in [5, 5.41) is 30.7. The molecule has 0 saturated carbocycles. The molecule has 0 amide bonds. The lowest BCUT2D eigenvalue weighted by Crippen LogP contribution is -2.60. The Kier molecular flexibility index (Phi) is 36.3. The van der Waals surface area contributed by atoms with Gasteiger partial charge in [-0.3, -0.25) is 9.35 Å². The first-order valence-electron chi connectivity index (χ1n) is 23.2. The molecule has 13 heteroatoms. The maximum atomic E-state index is 12.9. The molecule has 1 rings (SSSR count). The highest BCUT2D eigenvalue weighted by Gasteiger charge is 2.48. The van der Waals surface area contributed by atoms with Gasteiger partial charge in [0.1, 0.15) is 30.5 Å². The second-order valence-corrected chi connectivity index (χ2v) is 16.7. The van der Waals surface area contributed by atoms with Crippen molar-refractivity contribution in [2.24, 2.45) is 0 Å². The largest absolute Gasteiger partial charge is 0.457 e. The van der Waals surface area contributed by atoms with Crippen molar-refractivity contribution in [3.63, 3.8) is 0 Å². The molecule has 0 bridgehead atoms. The van der Waals surface area contributed by atoms with Crippen LogP contribution in [0.4, 0.5) is 0 Å². The Labute approximate surface area is 369 Å². The van der Waals surface area contributed by atoms with Gasteiger partial charge >= 0.3 is 16.4 Å². The molecule has 0 aromatic carbocycles. The molecule has 352 valence electrons. The Balaban J connectivity index is 2.47. The maximum absolute atomic E-state index is 12.9. The molecule has 0 aromatic rings. The number of aliphatic hydroxyl groups excluding tert-OH is 3. The highest BCUT2D eigenvalue weighted by molar-refractivity contribution is 7.80. The number of carbonyl (C=O) groups is 1. The quantitative estimate of drug-likeness (QED) is 0.0199. The molecule has 1 aliphatic heterocycles. The predicted octanol–water partition coefficient (Wildman–Crippen LogP) is 9.91. The summed E-state index contributed by atoms with van der Waals surface area (Å²) in [6, 6.07) is 0. The molecule has 12 nitrogen and oxygen atoms in total. The predicted molar refractivity (Wildman–Crippen MR) is 243 cm³/mol. The van der Waals surface area contributed by atoms with E-state index in [1.807, 2.05) is 0 Å². The van der Waals surface area contributed by atoms with E-state index in [1.165, 1.54) is 44.9 Å². The van der Waals surface area contributed by atoms with Crippen LogP contribution in [-0.2, 0) is 38.3 Å².